The molecule has 0 radical (unpaired) electrons. The first kappa shape index (κ1) is 16.9. The molecule has 17 heavy (non-hydrogen) atoms. The van der Waals surface area contributed by atoms with Crippen LogP contribution in [0.5, 0.6) is 0 Å². The van der Waals surface area contributed by atoms with Gasteiger partial charge >= 0.3 is 8.80 Å². The lowest BCUT2D eigenvalue weighted by molar-refractivity contribution is 0.0313. The van der Waals surface area contributed by atoms with Gasteiger partial charge in [-0.15, -0.1) is 0 Å². The van der Waals surface area contributed by atoms with Crippen LogP contribution in [0.2, 0.25) is 0 Å². The highest BCUT2D eigenvalue weighted by Gasteiger charge is 2.63. The van der Waals surface area contributed by atoms with E-state index in [1.165, 1.54) is 6.92 Å². The molecule has 0 aromatic heterocycles. The Kier molecular flexibility index (Phi) is 6.18. The zero-order valence-electron chi connectivity index (χ0n) is 11.2. The standard InChI is InChI=1S/C9H26N4O3Si/c1-5-14-17(15-6-2,16-7-3)9(12,13)8(4,10)11/h5-7,10-13H2,1-4H3. The second kappa shape index (κ2) is 6.21. The zero-order chi connectivity index (χ0) is 13.7. The van der Waals surface area contributed by atoms with E-state index in [-0.39, 0.29) is 0 Å². The van der Waals surface area contributed by atoms with Crippen molar-refractivity contribution in [1.29, 1.82) is 0 Å². The van der Waals surface area contributed by atoms with Gasteiger partial charge in [0.25, 0.3) is 0 Å². The maximum Gasteiger partial charge on any atom is 0.540 e. The minimum atomic E-state index is -3.35. The second-order valence-corrected chi connectivity index (χ2v) is 6.81. The molecule has 0 aliphatic rings. The first-order valence-corrected chi connectivity index (χ1v) is 7.48. The number of nitrogens with two attached hydrogens (primary N) is 4. The second-order valence-electron chi connectivity index (χ2n) is 4.01. The summed E-state index contributed by atoms with van der Waals surface area (Å²) in [7, 11) is -3.35. The molecule has 0 aromatic carbocycles. The molecule has 0 saturated heterocycles. The van der Waals surface area contributed by atoms with Crippen molar-refractivity contribution < 1.29 is 13.3 Å². The monoisotopic (exact) mass is 266 g/mol. The van der Waals surface area contributed by atoms with Gasteiger partial charge in [-0.3, -0.25) is 0 Å². The molecule has 0 rings (SSSR count). The first-order valence-electron chi connectivity index (χ1n) is 5.75. The number of hydrogen-bond acceptors (Lipinski definition) is 7. The topological polar surface area (TPSA) is 132 Å². The van der Waals surface area contributed by atoms with Crippen molar-refractivity contribution in [1.82, 2.24) is 0 Å². The van der Waals surface area contributed by atoms with Crippen molar-refractivity contribution in [2.24, 2.45) is 22.9 Å². The van der Waals surface area contributed by atoms with Crippen LogP contribution in [0.1, 0.15) is 27.7 Å². The van der Waals surface area contributed by atoms with Crippen LogP contribution in [-0.4, -0.2) is 39.6 Å². The molecule has 0 amide bonds. The average Bonchev–Trinajstić information content (AvgIpc) is 2.16. The van der Waals surface area contributed by atoms with Crippen LogP contribution < -0.4 is 22.9 Å². The van der Waals surface area contributed by atoms with Crippen molar-refractivity contribution in [2.45, 2.75) is 38.6 Å². The fraction of sp³-hybridized carbons (Fsp3) is 1.00. The minimum absolute atomic E-state index is 0.360. The van der Waals surface area contributed by atoms with E-state index in [2.05, 4.69) is 0 Å². The van der Waals surface area contributed by atoms with Gasteiger partial charge < -0.3 is 36.2 Å². The number of hydrogen-bond donors (Lipinski definition) is 4. The van der Waals surface area contributed by atoms with E-state index in [4.69, 9.17) is 36.2 Å². The first-order chi connectivity index (χ1) is 7.68. The lowest BCUT2D eigenvalue weighted by Crippen LogP contribution is -2.88. The van der Waals surface area contributed by atoms with Crippen LogP contribution in [0.25, 0.3) is 0 Å². The maximum atomic E-state index is 6.05. The highest BCUT2D eigenvalue weighted by atomic mass is 28.4. The van der Waals surface area contributed by atoms with Gasteiger partial charge in [0, 0.05) is 19.8 Å². The molecule has 0 aromatic rings. The van der Waals surface area contributed by atoms with Gasteiger partial charge in [-0.2, -0.15) is 0 Å². The summed E-state index contributed by atoms with van der Waals surface area (Å²) in [5.41, 5.74) is 22.3. The maximum absolute atomic E-state index is 6.05. The molecule has 0 aliphatic heterocycles. The van der Waals surface area contributed by atoms with Gasteiger partial charge in [0.2, 0.25) is 0 Å². The molecule has 104 valence electrons. The molecule has 0 aliphatic carbocycles. The Hall–Kier alpha value is -0.0631. The van der Waals surface area contributed by atoms with Gasteiger partial charge in [0.1, 0.15) is 0 Å². The molecule has 8 heteroatoms. The third-order valence-electron chi connectivity index (χ3n) is 2.40. The van der Waals surface area contributed by atoms with Crippen LogP contribution >= 0.6 is 0 Å². The van der Waals surface area contributed by atoms with E-state index >= 15 is 0 Å². The number of rotatable bonds is 8. The smallest absolute Gasteiger partial charge is 0.372 e. The molecule has 7 nitrogen and oxygen atoms in total. The molecule has 0 unspecified atom stereocenters. The Morgan fingerprint density at radius 2 is 1.12 bits per heavy atom. The summed E-state index contributed by atoms with van der Waals surface area (Å²) in [4.78, 5) is 0. The summed E-state index contributed by atoms with van der Waals surface area (Å²) in [6, 6.07) is 0. The normalized spacial score (nSPS) is 14.1. The highest BCUT2D eigenvalue weighted by molar-refractivity contribution is 6.64. The Morgan fingerprint density at radius 1 is 0.824 bits per heavy atom. The van der Waals surface area contributed by atoms with E-state index < -0.39 is 19.8 Å². The lowest BCUT2D eigenvalue weighted by Gasteiger charge is -2.46. The molecular formula is C9H26N4O3Si. The van der Waals surface area contributed by atoms with Crippen molar-refractivity contribution >= 4 is 8.80 Å². The van der Waals surface area contributed by atoms with Gasteiger partial charge in [0.05, 0.1) is 5.66 Å². The van der Waals surface area contributed by atoms with E-state index in [0.717, 1.165) is 0 Å². The van der Waals surface area contributed by atoms with Crippen molar-refractivity contribution in [3.63, 3.8) is 0 Å². The van der Waals surface area contributed by atoms with Gasteiger partial charge in [-0.1, -0.05) is 0 Å². The molecule has 8 N–H and O–H groups in total. The quantitative estimate of drug-likeness (QED) is 0.321. The van der Waals surface area contributed by atoms with Crippen molar-refractivity contribution in [2.75, 3.05) is 19.8 Å². The third kappa shape index (κ3) is 3.45. The highest BCUT2D eigenvalue weighted by Crippen LogP contribution is 2.24. The summed E-state index contributed by atoms with van der Waals surface area (Å²) in [6.45, 7) is 8.02. The molecule has 0 saturated carbocycles. The SMILES string of the molecule is CCO[Si](OCC)(OCC)C(N)(N)C(C)(N)N. The fourth-order valence-corrected chi connectivity index (χ4v) is 4.15. The van der Waals surface area contributed by atoms with Crippen LogP contribution in [0, 0.1) is 0 Å². The van der Waals surface area contributed by atoms with Crippen LogP contribution in [0.4, 0.5) is 0 Å². The van der Waals surface area contributed by atoms with E-state index in [1.54, 1.807) is 20.8 Å². The predicted molar refractivity (Wildman–Crippen MR) is 68.5 cm³/mol. The third-order valence-corrected chi connectivity index (χ3v) is 5.96. The summed E-state index contributed by atoms with van der Waals surface area (Å²) >= 11 is 0. The molecule has 0 fully saturated rings. The lowest BCUT2D eigenvalue weighted by atomic mass is 10.2. The minimum Gasteiger partial charge on any atom is -0.372 e. The fourth-order valence-electron chi connectivity index (χ4n) is 1.38. The Morgan fingerprint density at radius 3 is 1.29 bits per heavy atom. The van der Waals surface area contributed by atoms with E-state index in [1.807, 2.05) is 0 Å². The molecule has 0 atom stereocenters. The van der Waals surface area contributed by atoms with Crippen LogP contribution in [0.3, 0.4) is 0 Å². The van der Waals surface area contributed by atoms with Gasteiger partial charge in [-0.05, 0) is 27.7 Å². The van der Waals surface area contributed by atoms with Gasteiger partial charge in [-0.25, -0.2) is 0 Å². The summed E-state index contributed by atoms with van der Waals surface area (Å²) in [6.07, 6.45) is 0. The zero-order valence-corrected chi connectivity index (χ0v) is 12.2. The van der Waals surface area contributed by atoms with E-state index in [9.17, 15) is 0 Å². The summed E-state index contributed by atoms with van der Waals surface area (Å²) in [5, 5.41) is -1.57. The summed E-state index contributed by atoms with van der Waals surface area (Å²) < 4.78 is 16.8. The molecule has 0 bridgehead atoms. The largest absolute Gasteiger partial charge is 0.540 e. The Balaban J connectivity index is 5.38. The Bertz CT molecular complexity index is 216. The van der Waals surface area contributed by atoms with E-state index in [0.29, 0.717) is 19.8 Å². The van der Waals surface area contributed by atoms with Crippen molar-refractivity contribution in [3.05, 3.63) is 0 Å². The van der Waals surface area contributed by atoms with Crippen LogP contribution in [-0.2, 0) is 13.3 Å². The molecular weight excluding hydrogens is 240 g/mol. The average molecular weight is 266 g/mol. The molecule has 0 heterocycles. The Labute approximate surface area is 104 Å². The summed E-state index contributed by atoms with van der Waals surface area (Å²) in [5.74, 6) is 0. The van der Waals surface area contributed by atoms with Crippen molar-refractivity contribution in [3.8, 4) is 0 Å². The predicted octanol–water partition coefficient (Wildman–Crippen LogP) is -1.18. The van der Waals surface area contributed by atoms with Crippen LogP contribution in [0.15, 0.2) is 0 Å². The van der Waals surface area contributed by atoms with Gasteiger partial charge in [0.15, 0.2) is 5.29 Å². The molecule has 0 spiro atoms.